The number of nitrogens with one attached hydrogen (secondary N) is 1. The van der Waals surface area contributed by atoms with Crippen molar-refractivity contribution < 1.29 is 23.9 Å². The molecule has 1 saturated heterocycles. The molecule has 1 N–H and O–H groups in total. The van der Waals surface area contributed by atoms with Crippen LogP contribution in [0.3, 0.4) is 0 Å². The van der Waals surface area contributed by atoms with E-state index in [4.69, 9.17) is 9.47 Å². The van der Waals surface area contributed by atoms with Crippen LogP contribution in [0, 0.1) is 0 Å². The van der Waals surface area contributed by atoms with Gasteiger partial charge in [0.15, 0.2) is 11.5 Å². The number of carbonyl (C=O) groups excluding carboxylic acids is 3. The first-order valence-corrected chi connectivity index (χ1v) is 15.6. The average Bonchev–Trinajstić information content (AvgIpc) is 3.28. The highest BCUT2D eigenvalue weighted by Gasteiger charge is 2.36. The topological polar surface area (TPSA) is 84.9 Å². The largest absolute Gasteiger partial charge is 0.490 e. The summed E-state index contributed by atoms with van der Waals surface area (Å²) in [5, 5.41) is 6.42. The SMILES string of the molecule is CCOc1cc(/C=C2/SC(=O)N(CC(=O)Nc3cccc4ccccc34)C2=O)cc(Br)c1OCc1cccc2ccccc12. The Labute approximate surface area is 267 Å². The molecule has 0 atom stereocenters. The molecule has 1 heterocycles. The van der Waals surface area contributed by atoms with E-state index in [0.29, 0.717) is 40.4 Å². The smallest absolute Gasteiger partial charge is 0.294 e. The van der Waals surface area contributed by atoms with Crippen LogP contribution in [0.1, 0.15) is 18.1 Å². The lowest BCUT2D eigenvalue weighted by Crippen LogP contribution is -2.36. The van der Waals surface area contributed by atoms with Gasteiger partial charge in [-0.3, -0.25) is 19.3 Å². The zero-order chi connectivity index (χ0) is 30.6. The lowest BCUT2D eigenvalue weighted by Gasteiger charge is -2.16. The molecule has 0 aromatic heterocycles. The normalized spacial score (nSPS) is 14.0. The number of anilines is 1. The van der Waals surface area contributed by atoms with Crippen molar-refractivity contribution in [1.82, 2.24) is 4.90 Å². The zero-order valence-corrected chi connectivity index (χ0v) is 26.1. The first-order chi connectivity index (χ1) is 21.4. The fraction of sp³-hybridized carbons (Fsp3) is 0.114. The number of ether oxygens (including phenoxy) is 2. The van der Waals surface area contributed by atoms with E-state index >= 15 is 0 Å². The Morgan fingerprint density at radius 2 is 1.57 bits per heavy atom. The van der Waals surface area contributed by atoms with Gasteiger partial charge in [0.25, 0.3) is 11.1 Å². The van der Waals surface area contributed by atoms with E-state index in [1.807, 2.05) is 73.7 Å². The number of carbonyl (C=O) groups is 3. The fourth-order valence-corrected chi connectivity index (χ4v) is 6.51. The van der Waals surface area contributed by atoms with Crippen molar-refractivity contribution in [2.24, 2.45) is 0 Å². The average molecular weight is 668 g/mol. The van der Waals surface area contributed by atoms with Gasteiger partial charge in [-0.2, -0.15) is 0 Å². The van der Waals surface area contributed by atoms with Gasteiger partial charge in [-0.25, -0.2) is 0 Å². The number of halogens is 1. The van der Waals surface area contributed by atoms with Gasteiger partial charge >= 0.3 is 0 Å². The van der Waals surface area contributed by atoms with E-state index in [1.54, 1.807) is 18.2 Å². The molecule has 0 radical (unpaired) electrons. The lowest BCUT2D eigenvalue weighted by atomic mass is 10.1. The number of imide groups is 1. The van der Waals surface area contributed by atoms with Crippen molar-refractivity contribution in [2.75, 3.05) is 18.5 Å². The first-order valence-electron chi connectivity index (χ1n) is 14.0. The van der Waals surface area contributed by atoms with Crippen LogP contribution in [-0.4, -0.2) is 35.1 Å². The fourth-order valence-electron chi connectivity index (χ4n) is 5.10. The lowest BCUT2D eigenvalue weighted by molar-refractivity contribution is -0.127. The quantitative estimate of drug-likeness (QED) is 0.159. The minimum absolute atomic E-state index is 0.215. The Morgan fingerprint density at radius 3 is 2.34 bits per heavy atom. The second-order valence-electron chi connectivity index (χ2n) is 10.0. The minimum Gasteiger partial charge on any atom is -0.490 e. The second-order valence-corrected chi connectivity index (χ2v) is 11.9. The summed E-state index contributed by atoms with van der Waals surface area (Å²) in [6.45, 7) is 2.23. The van der Waals surface area contributed by atoms with Crippen LogP contribution < -0.4 is 14.8 Å². The van der Waals surface area contributed by atoms with Gasteiger partial charge in [-0.05, 0) is 86.2 Å². The Kier molecular flexibility index (Phi) is 8.67. The van der Waals surface area contributed by atoms with Crippen molar-refractivity contribution >= 4 is 78.1 Å². The number of hydrogen-bond acceptors (Lipinski definition) is 6. The summed E-state index contributed by atoms with van der Waals surface area (Å²) < 4.78 is 12.8. The van der Waals surface area contributed by atoms with Gasteiger partial charge in [0.1, 0.15) is 13.2 Å². The number of fused-ring (bicyclic) bond motifs is 2. The number of benzene rings is 5. The predicted octanol–water partition coefficient (Wildman–Crippen LogP) is 8.41. The van der Waals surface area contributed by atoms with Crippen molar-refractivity contribution in [3.8, 4) is 11.5 Å². The van der Waals surface area contributed by atoms with Crippen LogP contribution in [0.25, 0.3) is 27.6 Å². The molecule has 3 amide bonds. The van der Waals surface area contributed by atoms with Gasteiger partial charge in [0.2, 0.25) is 5.91 Å². The number of rotatable bonds is 9. The summed E-state index contributed by atoms with van der Waals surface area (Å²) in [6.07, 6.45) is 1.62. The maximum absolute atomic E-state index is 13.2. The Bertz CT molecular complexity index is 1950. The van der Waals surface area contributed by atoms with Gasteiger partial charge < -0.3 is 14.8 Å². The molecule has 7 nitrogen and oxygen atoms in total. The first kappa shape index (κ1) is 29.5. The molecule has 0 saturated carbocycles. The maximum Gasteiger partial charge on any atom is 0.294 e. The van der Waals surface area contributed by atoms with Crippen LogP contribution in [0.4, 0.5) is 10.5 Å². The third kappa shape index (κ3) is 6.20. The van der Waals surface area contributed by atoms with E-state index in [2.05, 4.69) is 39.4 Å². The number of hydrogen-bond donors (Lipinski definition) is 1. The molecule has 6 rings (SSSR count). The van der Waals surface area contributed by atoms with Crippen molar-refractivity contribution in [2.45, 2.75) is 13.5 Å². The molecule has 1 fully saturated rings. The van der Waals surface area contributed by atoms with Crippen LogP contribution in [0.15, 0.2) is 106 Å². The third-order valence-corrected chi connectivity index (χ3v) is 8.62. The molecule has 0 bridgehead atoms. The molecule has 0 unspecified atom stereocenters. The van der Waals surface area contributed by atoms with Crippen molar-refractivity contribution in [1.29, 1.82) is 0 Å². The summed E-state index contributed by atoms with van der Waals surface area (Å²) in [5.41, 5.74) is 2.30. The third-order valence-electron chi connectivity index (χ3n) is 7.12. The number of thioether (sulfide) groups is 1. The Hall–Kier alpha value is -4.60. The zero-order valence-electron chi connectivity index (χ0n) is 23.7. The summed E-state index contributed by atoms with van der Waals surface area (Å²) in [7, 11) is 0. The van der Waals surface area contributed by atoms with Crippen LogP contribution in [0.2, 0.25) is 0 Å². The second kappa shape index (κ2) is 13.0. The Morgan fingerprint density at radius 1 is 0.886 bits per heavy atom. The molecule has 0 spiro atoms. The molecule has 5 aromatic rings. The van der Waals surface area contributed by atoms with Gasteiger partial charge in [-0.15, -0.1) is 0 Å². The summed E-state index contributed by atoms with van der Waals surface area (Å²) in [6, 6.07) is 31.1. The van der Waals surface area contributed by atoms with E-state index in [1.165, 1.54) is 0 Å². The van der Waals surface area contributed by atoms with E-state index < -0.39 is 17.1 Å². The summed E-state index contributed by atoms with van der Waals surface area (Å²) in [4.78, 5) is 40.1. The monoisotopic (exact) mass is 666 g/mol. The highest BCUT2D eigenvalue weighted by molar-refractivity contribution is 9.10. The van der Waals surface area contributed by atoms with Gasteiger partial charge in [0, 0.05) is 11.1 Å². The molecular weight excluding hydrogens is 640 g/mol. The number of nitrogens with zero attached hydrogens (tertiary/aromatic N) is 1. The van der Waals surface area contributed by atoms with Gasteiger partial charge in [0.05, 0.1) is 16.0 Å². The molecule has 1 aliphatic rings. The highest BCUT2D eigenvalue weighted by atomic mass is 79.9. The van der Waals surface area contributed by atoms with Crippen molar-refractivity contribution in [3.63, 3.8) is 0 Å². The summed E-state index contributed by atoms with van der Waals surface area (Å²) >= 11 is 4.40. The van der Waals surface area contributed by atoms with E-state index in [9.17, 15) is 14.4 Å². The standard InChI is InChI=1S/C35H27BrN2O5S/c1-2-42-30-18-22(17-28(36)33(30)43-21-25-13-7-11-23-9-3-5-14-26(23)25)19-31-34(40)38(35(41)44-31)20-32(39)37-29-16-8-12-24-10-4-6-15-27(24)29/h3-19H,2,20-21H2,1H3,(H,37,39)/b31-19+. The highest BCUT2D eigenvalue weighted by Crippen LogP contribution is 2.40. The van der Waals surface area contributed by atoms with E-state index in [-0.39, 0.29) is 11.4 Å². The Balaban J connectivity index is 1.18. The molecule has 44 heavy (non-hydrogen) atoms. The summed E-state index contributed by atoms with van der Waals surface area (Å²) in [5.74, 6) is 0.0506. The molecular formula is C35H27BrN2O5S. The number of amides is 3. The van der Waals surface area contributed by atoms with Crippen LogP contribution >= 0.6 is 27.7 Å². The molecule has 0 aliphatic carbocycles. The van der Waals surface area contributed by atoms with Crippen molar-refractivity contribution in [3.05, 3.63) is 118 Å². The molecule has 5 aromatic carbocycles. The maximum atomic E-state index is 13.2. The van der Waals surface area contributed by atoms with Gasteiger partial charge in [-0.1, -0.05) is 78.9 Å². The molecule has 9 heteroatoms. The molecule has 1 aliphatic heterocycles. The predicted molar refractivity (Wildman–Crippen MR) is 179 cm³/mol. The van der Waals surface area contributed by atoms with Crippen LogP contribution in [-0.2, 0) is 16.2 Å². The minimum atomic E-state index is -0.529. The van der Waals surface area contributed by atoms with E-state index in [0.717, 1.165) is 43.8 Å². The molecule has 220 valence electrons. The van der Waals surface area contributed by atoms with Crippen LogP contribution in [0.5, 0.6) is 11.5 Å².